The second-order valence-electron chi connectivity index (χ2n) is 7.51. The lowest BCUT2D eigenvalue weighted by molar-refractivity contribution is 0.306. The fourth-order valence-corrected chi connectivity index (χ4v) is 4.79. The molecule has 0 spiro atoms. The number of imidazole rings is 1. The number of pyridine rings is 1. The Kier molecular flexibility index (Phi) is 4.82. The van der Waals surface area contributed by atoms with Crippen LogP contribution in [0.4, 0.5) is 0 Å². The molecular weight excluding hydrogens is 456 g/mol. The number of fused-ring (bicyclic) bond motifs is 2. The molecule has 6 aromatic rings. The lowest BCUT2D eigenvalue weighted by atomic mass is 10.2. The monoisotopic (exact) mass is 472 g/mol. The number of hydrogen-bond donors (Lipinski definition) is 0. The van der Waals surface area contributed by atoms with E-state index < -0.39 is 0 Å². The zero-order valence-corrected chi connectivity index (χ0v) is 19.1. The maximum atomic E-state index is 6.24. The molecule has 0 bridgehead atoms. The Morgan fingerprint density at radius 1 is 1.00 bits per heavy atom. The first-order valence-electron chi connectivity index (χ1n) is 10.3. The highest BCUT2D eigenvalue weighted by Crippen LogP contribution is 2.31. The zero-order valence-electron chi connectivity index (χ0n) is 17.5. The van der Waals surface area contributed by atoms with Gasteiger partial charge < -0.3 is 4.74 Å². The van der Waals surface area contributed by atoms with E-state index in [0.29, 0.717) is 22.4 Å². The average molecular weight is 473 g/mol. The van der Waals surface area contributed by atoms with Gasteiger partial charge in [0.25, 0.3) is 0 Å². The van der Waals surface area contributed by atoms with Crippen molar-refractivity contribution in [2.24, 2.45) is 0 Å². The highest BCUT2D eigenvalue weighted by molar-refractivity contribution is 7.19. The molecule has 0 saturated carbocycles. The number of aryl methyl sites for hydroxylation is 1. The van der Waals surface area contributed by atoms with E-state index >= 15 is 0 Å². The Balaban J connectivity index is 1.34. The van der Waals surface area contributed by atoms with Gasteiger partial charge in [0.1, 0.15) is 28.7 Å². The SMILES string of the molecule is Cc1nc2ccccn2c1-c1nnc2sc(-c3cccc(OCc4ccccc4Cl)c3)nn12. The van der Waals surface area contributed by atoms with E-state index in [2.05, 4.69) is 15.2 Å². The third kappa shape index (κ3) is 3.53. The molecule has 7 nitrogen and oxygen atoms in total. The van der Waals surface area contributed by atoms with Gasteiger partial charge in [-0.2, -0.15) is 9.61 Å². The summed E-state index contributed by atoms with van der Waals surface area (Å²) in [6, 6.07) is 21.4. The van der Waals surface area contributed by atoms with Crippen molar-refractivity contribution in [1.82, 2.24) is 29.2 Å². The van der Waals surface area contributed by atoms with Crippen LogP contribution in [0, 0.1) is 6.92 Å². The van der Waals surface area contributed by atoms with E-state index in [9.17, 15) is 0 Å². The first-order valence-corrected chi connectivity index (χ1v) is 11.5. The topological polar surface area (TPSA) is 69.6 Å². The molecule has 4 heterocycles. The third-order valence-corrected chi connectivity index (χ3v) is 6.66. The molecule has 0 amide bonds. The van der Waals surface area contributed by atoms with Crippen LogP contribution in [-0.4, -0.2) is 29.2 Å². The maximum absolute atomic E-state index is 6.24. The summed E-state index contributed by atoms with van der Waals surface area (Å²) in [7, 11) is 0. The molecule has 2 aromatic carbocycles. The molecule has 6 rings (SSSR count). The van der Waals surface area contributed by atoms with E-state index in [1.54, 1.807) is 4.52 Å². The largest absolute Gasteiger partial charge is 0.489 e. The van der Waals surface area contributed by atoms with Gasteiger partial charge in [-0.1, -0.05) is 59.3 Å². The predicted octanol–water partition coefficient (Wildman–Crippen LogP) is 5.71. The molecule has 4 aromatic heterocycles. The second kappa shape index (κ2) is 7.99. The third-order valence-electron chi connectivity index (χ3n) is 5.34. The van der Waals surface area contributed by atoms with Crippen molar-refractivity contribution in [1.29, 1.82) is 0 Å². The molecule has 162 valence electrons. The van der Waals surface area contributed by atoms with Gasteiger partial charge in [0.05, 0.1) is 5.69 Å². The Morgan fingerprint density at radius 3 is 2.79 bits per heavy atom. The van der Waals surface area contributed by atoms with Gasteiger partial charge in [-0.05, 0) is 37.3 Å². The fraction of sp³-hybridized carbons (Fsp3) is 0.0833. The number of halogens is 1. The van der Waals surface area contributed by atoms with Crippen LogP contribution in [0.25, 0.3) is 32.7 Å². The molecule has 0 radical (unpaired) electrons. The molecule has 0 fully saturated rings. The van der Waals surface area contributed by atoms with Crippen molar-refractivity contribution < 1.29 is 4.74 Å². The smallest absolute Gasteiger partial charge is 0.235 e. The van der Waals surface area contributed by atoms with Crippen LogP contribution in [-0.2, 0) is 6.61 Å². The summed E-state index contributed by atoms with van der Waals surface area (Å²) in [6.07, 6.45) is 1.97. The summed E-state index contributed by atoms with van der Waals surface area (Å²) in [5, 5.41) is 15.1. The van der Waals surface area contributed by atoms with Crippen molar-refractivity contribution in [3.63, 3.8) is 0 Å². The summed E-state index contributed by atoms with van der Waals surface area (Å²) in [4.78, 5) is 5.35. The molecule has 0 unspecified atom stereocenters. The van der Waals surface area contributed by atoms with E-state index in [1.807, 2.05) is 84.3 Å². The van der Waals surface area contributed by atoms with Gasteiger partial charge in [0, 0.05) is 22.3 Å². The number of nitrogens with zero attached hydrogens (tertiary/aromatic N) is 6. The molecule has 0 saturated heterocycles. The van der Waals surface area contributed by atoms with Crippen LogP contribution < -0.4 is 4.74 Å². The quantitative estimate of drug-likeness (QED) is 0.321. The average Bonchev–Trinajstić information content (AvgIpc) is 3.51. The van der Waals surface area contributed by atoms with Crippen molar-refractivity contribution in [3.8, 4) is 27.8 Å². The highest BCUT2D eigenvalue weighted by atomic mass is 35.5. The van der Waals surface area contributed by atoms with Crippen LogP contribution >= 0.6 is 22.9 Å². The van der Waals surface area contributed by atoms with Crippen LogP contribution in [0.3, 0.4) is 0 Å². The minimum absolute atomic E-state index is 0.395. The van der Waals surface area contributed by atoms with Crippen molar-refractivity contribution in [3.05, 3.63) is 89.2 Å². The molecule has 9 heteroatoms. The van der Waals surface area contributed by atoms with Crippen LogP contribution in [0.15, 0.2) is 72.9 Å². The van der Waals surface area contributed by atoms with Gasteiger partial charge in [0.15, 0.2) is 0 Å². The van der Waals surface area contributed by atoms with E-state index in [0.717, 1.165) is 38.9 Å². The van der Waals surface area contributed by atoms with E-state index in [1.165, 1.54) is 11.3 Å². The molecule has 33 heavy (non-hydrogen) atoms. The molecule has 0 aliphatic rings. The van der Waals surface area contributed by atoms with Gasteiger partial charge in [0.2, 0.25) is 10.8 Å². The summed E-state index contributed by atoms with van der Waals surface area (Å²) in [6.45, 7) is 2.36. The second-order valence-corrected chi connectivity index (χ2v) is 8.87. The van der Waals surface area contributed by atoms with Crippen molar-refractivity contribution >= 4 is 33.5 Å². The Labute approximate surface area is 197 Å². The number of benzene rings is 2. The number of hydrogen-bond acceptors (Lipinski definition) is 6. The summed E-state index contributed by atoms with van der Waals surface area (Å²) >= 11 is 7.72. The zero-order chi connectivity index (χ0) is 22.4. The standard InChI is InChI=1S/C24H17ClN6OS/c1-15-21(30-12-5-4-11-20(30)26-15)22-27-28-24-31(22)29-23(33-24)16-8-6-9-18(13-16)32-14-17-7-2-3-10-19(17)25/h2-13H,14H2,1H3. The van der Waals surface area contributed by atoms with Crippen LogP contribution in [0.1, 0.15) is 11.3 Å². The molecule has 0 aliphatic carbocycles. The van der Waals surface area contributed by atoms with Gasteiger partial charge in [-0.3, -0.25) is 4.40 Å². The van der Waals surface area contributed by atoms with Crippen molar-refractivity contribution in [2.45, 2.75) is 13.5 Å². The van der Waals surface area contributed by atoms with Gasteiger partial charge >= 0.3 is 0 Å². The number of aromatic nitrogens is 6. The van der Waals surface area contributed by atoms with Crippen molar-refractivity contribution in [2.75, 3.05) is 0 Å². The van der Waals surface area contributed by atoms with Gasteiger partial charge in [-0.25, -0.2) is 4.98 Å². The Hall–Kier alpha value is -3.75. The van der Waals surface area contributed by atoms with E-state index in [-0.39, 0.29) is 0 Å². The number of rotatable bonds is 5. The van der Waals surface area contributed by atoms with Crippen LogP contribution in [0.2, 0.25) is 5.02 Å². The first kappa shape index (κ1) is 19.9. The highest BCUT2D eigenvalue weighted by Gasteiger charge is 2.20. The lowest BCUT2D eigenvalue weighted by Gasteiger charge is -2.08. The fourth-order valence-electron chi connectivity index (χ4n) is 3.76. The maximum Gasteiger partial charge on any atom is 0.235 e. The number of ether oxygens (including phenoxy) is 1. The Morgan fingerprint density at radius 2 is 1.88 bits per heavy atom. The minimum atomic E-state index is 0.395. The predicted molar refractivity (Wildman–Crippen MR) is 129 cm³/mol. The molecule has 0 aliphatic heterocycles. The minimum Gasteiger partial charge on any atom is -0.489 e. The Bertz CT molecular complexity index is 1620. The molecule has 0 atom stereocenters. The molecular formula is C24H17ClN6OS. The van der Waals surface area contributed by atoms with E-state index in [4.69, 9.17) is 21.4 Å². The lowest BCUT2D eigenvalue weighted by Crippen LogP contribution is -1.97. The molecule has 0 N–H and O–H groups in total. The normalized spacial score (nSPS) is 11.5. The summed E-state index contributed by atoms with van der Waals surface area (Å²) in [5.41, 5.74) is 4.51. The van der Waals surface area contributed by atoms with Crippen LogP contribution in [0.5, 0.6) is 5.75 Å². The van der Waals surface area contributed by atoms with Gasteiger partial charge in [-0.15, -0.1) is 10.2 Å². The summed E-state index contributed by atoms with van der Waals surface area (Å²) < 4.78 is 9.77. The first-order chi connectivity index (χ1) is 16.2. The summed E-state index contributed by atoms with van der Waals surface area (Å²) in [5.74, 6) is 1.41.